The highest BCUT2D eigenvalue weighted by Gasteiger charge is 2.50. The monoisotopic (exact) mass is 574 g/mol. The summed E-state index contributed by atoms with van der Waals surface area (Å²) in [5.41, 5.74) is 2.59. The van der Waals surface area contributed by atoms with Crippen LogP contribution in [0.1, 0.15) is 74.3 Å². The average Bonchev–Trinajstić information content (AvgIpc) is 3.82. The SMILES string of the molecule is Cc1cc(NC(=O)c2ccc(NS(=O)(=O)C3(C)CC3)cc2N2CCC3(CC2)CC3)nc(N2CCC(F)(F)CC2)n1. The third-order valence-corrected chi connectivity index (χ3v) is 11.3. The lowest BCUT2D eigenvalue weighted by Gasteiger charge is -2.35. The molecule has 6 rings (SSSR count). The molecule has 1 spiro atoms. The minimum absolute atomic E-state index is 0.140. The van der Waals surface area contributed by atoms with Crippen molar-refractivity contribution in [3.8, 4) is 0 Å². The number of piperidine rings is 2. The fourth-order valence-corrected chi connectivity index (χ4v) is 6.97. The third kappa shape index (κ3) is 5.46. The molecule has 3 heterocycles. The van der Waals surface area contributed by atoms with Crippen molar-refractivity contribution in [3.63, 3.8) is 0 Å². The number of carbonyl (C=O) groups excluding carboxylic acids is 1. The number of aromatic nitrogens is 2. The van der Waals surface area contributed by atoms with Crippen molar-refractivity contribution < 1.29 is 22.0 Å². The Morgan fingerprint density at radius 1 is 0.900 bits per heavy atom. The van der Waals surface area contributed by atoms with Crippen LogP contribution in [0.2, 0.25) is 0 Å². The molecule has 2 N–H and O–H groups in total. The molecule has 0 bridgehead atoms. The van der Waals surface area contributed by atoms with Crippen molar-refractivity contribution in [2.24, 2.45) is 5.41 Å². The van der Waals surface area contributed by atoms with E-state index < -0.39 is 20.7 Å². The van der Waals surface area contributed by atoms with Crippen LogP contribution in [-0.2, 0) is 10.0 Å². The number of alkyl halides is 2. The maximum Gasteiger partial charge on any atom is 0.258 e. The summed E-state index contributed by atoms with van der Waals surface area (Å²) in [5, 5.41) is 2.87. The highest BCUT2D eigenvalue weighted by atomic mass is 32.2. The van der Waals surface area contributed by atoms with E-state index in [0.29, 0.717) is 46.8 Å². The zero-order chi connectivity index (χ0) is 28.3. The van der Waals surface area contributed by atoms with E-state index in [1.54, 1.807) is 43.0 Å². The minimum Gasteiger partial charge on any atom is -0.371 e. The van der Waals surface area contributed by atoms with Gasteiger partial charge in [0.1, 0.15) is 5.82 Å². The molecule has 1 amide bonds. The minimum atomic E-state index is -3.54. The Bertz CT molecular complexity index is 1420. The first-order valence-electron chi connectivity index (χ1n) is 14.1. The molecule has 1 aromatic heterocycles. The van der Waals surface area contributed by atoms with E-state index in [2.05, 4.69) is 24.9 Å². The lowest BCUT2D eigenvalue weighted by molar-refractivity contribution is -0.0222. The van der Waals surface area contributed by atoms with E-state index in [9.17, 15) is 22.0 Å². The van der Waals surface area contributed by atoms with E-state index in [4.69, 9.17) is 0 Å². The molecule has 2 aliphatic heterocycles. The van der Waals surface area contributed by atoms with Gasteiger partial charge in [0.15, 0.2) is 0 Å². The van der Waals surface area contributed by atoms with Gasteiger partial charge in [0.2, 0.25) is 16.0 Å². The van der Waals surface area contributed by atoms with Gasteiger partial charge in [0, 0.05) is 50.8 Å². The number of rotatable bonds is 7. The second-order valence-corrected chi connectivity index (χ2v) is 14.5. The zero-order valence-electron chi connectivity index (χ0n) is 23.0. The topological polar surface area (TPSA) is 108 Å². The second-order valence-electron chi connectivity index (χ2n) is 12.3. The Morgan fingerprint density at radius 3 is 2.17 bits per heavy atom. The van der Waals surface area contributed by atoms with Gasteiger partial charge in [-0.1, -0.05) is 0 Å². The maximum atomic E-state index is 13.7. The molecular formula is C28H36F2N6O3S. The molecule has 2 aliphatic carbocycles. The molecule has 2 saturated carbocycles. The number of carbonyl (C=O) groups is 1. The summed E-state index contributed by atoms with van der Waals surface area (Å²) in [6, 6.07) is 6.68. The lowest BCUT2D eigenvalue weighted by atomic mass is 9.93. The predicted molar refractivity (Wildman–Crippen MR) is 151 cm³/mol. The first kappa shape index (κ1) is 27.2. The summed E-state index contributed by atoms with van der Waals surface area (Å²) in [7, 11) is -3.54. The number of nitrogens with zero attached hydrogens (tertiary/aromatic N) is 4. The fourth-order valence-electron chi connectivity index (χ4n) is 5.65. The summed E-state index contributed by atoms with van der Waals surface area (Å²) in [5.74, 6) is -2.45. The average molecular weight is 575 g/mol. The van der Waals surface area contributed by atoms with Gasteiger partial charge >= 0.3 is 0 Å². The Balaban J connectivity index is 1.25. The van der Waals surface area contributed by atoms with Crippen LogP contribution < -0.4 is 19.8 Å². The van der Waals surface area contributed by atoms with Gasteiger partial charge in [-0.15, -0.1) is 0 Å². The highest BCUT2D eigenvalue weighted by Crippen LogP contribution is 2.54. The zero-order valence-corrected chi connectivity index (χ0v) is 23.8. The van der Waals surface area contributed by atoms with Gasteiger partial charge < -0.3 is 15.1 Å². The summed E-state index contributed by atoms with van der Waals surface area (Å²) in [6.45, 7) is 5.38. The normalized spacial score (nSPS) is 22.6. The molecule has 40 heavy (non-hydrogen) atoms. The first-order chi connectivity index (χ1) is 18.9. The molecule has 4 fully saturated rings. The largest absolute Gasteiger partial charge is 0.371 e. The fraction of sp³-hybridized carbons (Fsp3) is 0.607. The van der Waals surface area contributed by atoms with Gasteiger partial charge in [-0.3, -0.25) is 9.52 Å². The van der Waals surface area contributed by atoms with Crippen molar-refractivity contribution in [1.82, 2.24) is 9.97 Å². The standard InChI is InChI=1S/C28H36F2N6O3S/c1-19-17-23(33-25(31-19)36-15-11-28(29,30)12-16-36)32-24(37)21-4-3-20(34-40(38,39)26(2)5-6-26)18-22(21)35-13-9-27(7-8-27)10-14-35/h3-4,17-18,34H,5-16H2,1-2H3,(H,31,32,33,37). The molecular weight excluding hydrogens is 538 g/mol. The number of benzene rings is 1. The van der Waals surface area contributed by atoms with Crippen LogP contribution in [0.3, 0.4) is 0 Å². The highest BCUT2D eigenvalue weighted by molar-refractivity contribution is 7.94. The van der Waals surface area contributed by atoms with Crippen molar-refractivity contribution in [3.05, 3.63) is 35.5 Å². The molecule has 216 valence electrons. The van der Waals surface area contributed by atoms with E-state index in [1.807, 2.05) is 0 Å². The number of anilines is 4. The van der Waals surface area contributed by atoms with Crippen molar-refractivity contribution in [2.75, 3.05) is 46.0 Å². The van der Waals surface area contributed by atoms with E-state index in [0.717, 1.165) is 25.9 Å². The molecule has 0 radical (unpaired) electrons. The lowest BCUT2D eigenvalue weighted by Crippen LogP contribution is -2.40. The molecule has 2 saturated heterocycles. The van der Waals surface area contributed by atoms with E-state index in [1.165, 1.54) is 12.8 Å². The number of amides is 1. The van der Waals surface area contributed by atoms with E-state index in [-0.39, 0.29) is 37.7 Å². The third-order valence-electron chi connectivity index (χ3n) is 9.08. The molecule has 0 atom stereocenters. The number of hydrogen-bond acceptors (Lipinski definition) is 7. The van der Waals surface area contributed by atoms with Crippen molar-refractivity contribution in [2.45, 2.75) is 75.9 Å². The predicted octanol–water partition coefficient (Wildman–Crippen LogP) is 4.95. The number of aryl methyl sites for hydroxylation is 1. The summed E-state index contributed by atoms with van der Waals surface area (Å²) in [6.07, 6.45) is 5.32. The van der Waals surface area contributed by atoms with Crippen LogP contribution in [0.4, 0.5) is 31.9 Å². The molecule has 9 nitrogen and oxygen atoms in total. The number of nitrogens with one attached hydrogen (secondary N) is 2. The molecule has 2 aromatic rings. The van der Waals surface area contributed by atoms with Gasteiger partial charge in [-0.25, -0.2) is 22.2 Å². The number of halogens is 2. The summed E-state index contributed by atoms with van der Waals surface area (Å²) in [4.78, 5) is 26.4. The van der Waals surface area contributed by atoms with Crippen LogP contribution in [0.25, 0.3) is 0 Å². The smallest absolute Gasteiger partial charge is 0.258 e. The van der Waals surface area contributed by atoms with Crippen LogP contribution in [-0.4, -0.2) is 61.1 Å². The van der Waals surface area contributed by atoms with Crippen LogP contribution in [0.5, 0.6) is 0 Å². The Labute approximate surface area is 233 Å². The van der Waals surface area contributed by atoms with Crippen LogP contribution in [0, 0.1) is 12.3 Å². The molecule has 0 unspecified atom stereocenters. The molecule has 1 aromatic carbocycles. The van der Waals surface area contributed by atoms with Gasteiger partial charge in [-0.2, -0.15) is 4.98 Å². The number of hydrogen-bond donors (Lipinski definition) is 2. The molecule has 4 aliphatic rings. The second kappa shape index (κ2) is 9.53. The van der Waals surface area contributed by atoms with Crippen LogP contribution in [0.15, 0.2) is 24.3 Å². The summed E-state index contributed by atoms with van der Waals surface area (Å²) < 4.78 is 55.1. The number of sulfonamides is 1. The maximum absolute atomic E-state index is 13.7. The van der Waals surface area contributed by atoms with Crippen LogP contribution >= 0.6 is 0 Å². The van der Waals surface area contributed by atoms with Gasteiger partial charge in [-0.05, 0) is 76.0 Å². The Kier molecular flexibility index (Phi) is 6.47. The Hall–Kier alpha value is -3.02. The first-order valence-corrected chi connectivity index (χ1v) is 15.6. The summed E-state index contributed by atoms with van der Waals surface area (Å²) >= 11 is 0. The van der Waals surface area contributed by atoms with Crippen molar-refractivity contribution in [1.29, 1.82) is 0 Å². The van der Waals surface area contributed by atoms with Crippen molar-refractivity contribution >= 4 is 39.1 Å². The Morgan fingerprint density at radius 2 is 1.55 bits per heavy atom. The quantitative estimate of drug-likeness (QED) is 0.482. The van der Waals surface area contributed by atoms with Gasteiger partial charge in [0.25, 0.3) is 11.8 Å². The molecule has 12 heteroatoms. The van der Waals surface area contributed by atoms with Gasteiger partial charge in [0.05, 0.1) is 21.7 Å². The van der Waals surface area contributed by atoms with E-state index >= 15 is 0 Å².